The summed E-state index contributed by atoms with van der Waals surface area (Å²) in [5.74, 6) is -2.82. The van der Waals surface area contributed by atoms with Crippen LogP contribution in [0, 0.1) is 11.7 Å². The molecule has 2 aliphatic rings. The molecule has 1 aromatic carbocycles. The van der Waals surface area contributed by atoms with Gasteiger partial charge in [0.15, 0.2) is 0 Å². The van der Waals surface area contributed by atoms with Crippen molar-refractivity contribution in [3.05, 3.63) is 47.1 Å². The maximum atomic E-state index is 15.4. The molecule has 46 heavy (non-hydrogen) atoms. The smallest absolute Gasteiger partial charge is 0.257 e. The molecule has 2 atom stereocenters. The summed E-state index contributed by atoms with van der Waals surface area (Å²) >= 11 is 0. The number of likely N-dealkylation sites (N-methyl/N-ethyl adjacent to an activating group) is 1. The average Bonchev–Trinajstić information content (AvgIpc) is 3.53. The van der Waals surface area contributed by atoms with E-state index in [1.807, 2.05) is 7.05 Å². The number of nitrogens with zero attached hydrogens (tertiary/aromatic N) is 3. The second-order valence-corrected chi connectivity index (χ2v) is 12.0. The van der Waals surface area contributed by atoms with E-state index in [2.05, 4.69) is 31.3 Å². The molecule has 1 saturated heterocycles. The van der Waals surface area contributed by atoms with Gasteiger partial charge in [-0.05, 0) is 43.5 Å². The number of nitrogens with one attached hydrogen (secondary N) is 4. The van der Waals surface area contributed by atoms with Crippen molar-refractivity contribution in [1.82, 2.24) is 30.9 Å². The molecule has 0 unspecified atom stereocenters. The molecule has 1 aliphatic heterocycles. The molecular weight excluding hydrogens is 597 g/mol. The van der Waals surface area contributed by atoms with Crippen LogP contribution in [0.2, 0.25) is 0 Å². The van der Waals surface area contributed by atoms with Crippen molar-refractivity contribution >= 4 is 35.2 Å². The predicted molar refractivity (Wildman–Crippen MR) is 167 cm³/mol. The van der Waals surface area contributed by atoms with E-state index in [9.17, 15) is 24.0 Å². The number of benzene rings is 1. The number of carbonyl (C=O) groups is 5. The lowest BCUT2D eigenvalue weighted by Gasteiger charge is -2.34. The van der Waals surface area contributed by atoms with Crippen molar-refractivity contribution < 1.29 is 32.9 Å². The maximum absolute atomic E-state index is 15.4. The van der Waals surface area contributed by atoms with Crippen molar-refractivity contribution in [2.45, 2.75) is 77.4 Å². The Hall–Kier alpha value is -4.33. The van der Waals surface area contributed by atoms with Crippen LogP contribution in [0.5, 0.6) is 0 Å². The molecule has 0 radical (unpaired) electrons. The number of rotatable bonds is 12. The third-order valence-corrected chi connectivity index (χ3v) is 8.58. The van der Waals surface area contributed by atoms with Gasteiger partial charge in [-0.25, -0.2) is 4.39 Å². The highest BCUT2D eigenvalue weighted by atomic mass is 19.1. The van der Waals surface area contributed by atoms with Gasteiger partial charge in [0.25, 0.3) is 5.91 Å². The summed E-state index contributed by atoms with van der Waals surface area (Å²) in [4.78, 5) is 67.6. The number of carbonyl (C=O) groups excluding carboxylic acids is 5. The van der Waals surface area contributed by atoms with Crippen molar-refractivity contribution in [3.63, 3.8) is 0 Å². The molecule has 2 heterocycles. The van der Waals surface area contributed by atoms with Gasteiger partial charge in [-0.2, -0.15) is 0 Å². The van der Waals surface area contributed by atoms with Gasteiger partial charge in [-0.15, -0.1) is 0 Å². The molecular formula is C32H44FN7O6. The molecule has 13 nitrogen and oxygen atoms in total. The Labute approximate surface area is 268 Å². The van der Waals surface area contributed by atoms with Crippen LogP contribution in [0.3, 0.4) is 0 Å². The normalized spacial score (nSPS) is 17.1. The molecule has 0 spiro atoms. The highest BCUT2D eigenvalue weighted by Gasteiger charge is 2.33. The Morgan fingerprint density at radius 2 is 1.76 bits per heavy atom. The molecule has 2 fully saturated rings. The third-order valence-electron chi connectivity index (χ3n) is 8.58. The Morgan fingerprint density at radius 1 is 1.04 bits per heavy atom. The van der Waals surface area contributed by atoms with E-state index in [-0.39, 0.29) is 60.0 Å². The van der Waals surface area contributed by atoms with Crippen molar-refractivity contribution in [1.29, 1.82) is 0 Å². The van der Waals surface area contributed by atoms with E-state index in [0.717, 1.165) is 38.6 Å². The molecule has 1 saturated carbocycles. The van der Waals surface area contributed by atoms with Crippen LogP contribution in [-0.4, -0.2) is 89.8 Å². The summed E-state index contributed by atoms with van der Waals surface area (Å²) in [7, 11) is 1.98. The summed E-state index contributed by atoms with van der Waals surface area (Å²) in [6.07, 6.45) is 5.71. The fourth-order valence-corrected chi connectivity index (χ4v) is 5.84. The minimum absolute atomic E-state index is 0.0175. The molecule has 14 heteroatoms. The van der Waals surface area contributed by atoms with E-state index in [1.165, 1.54) is 19.1 Å². The van der Waals surface area contributed by atoms with Crippen LogP contribution < -0.4 is 21.3 Å². The first-order valence-corrected chi connectivity index (χ1v) is 15.9. The van der Waals surface area contributed by atoms with Gasteiger partial charge in [0.2, 0.25) is 23.6 Å². The molecule has 250 valence electrons. The minimum Gasteiger partial charge on any atom is -0.364 e. The molecule has 5 amide bonds. The zero-order valence-electron chi connectivity index (χ0n) is 26.7. The first-order chi connectivity index (χ1) is 22.0. The maximum Gasteiger partial charge on any atom is 0.257 e. The standard InChI is InChI=1S/C32H44FN7O6/c1-4-28(42)35-26(32(45)40-14-12-39(3)13-15-40)17-21-10-11-25(24(33)16-21)36-31(44)29(22-8-6-5-7-9-22)37-30(43)23-19-46-38-27(23)18-34-20(2)41/h10-11,16,19,22,26,29H,4-9,12-15,17-18H2,1-3H3,(H,34,41)(H,35,42)(H,36,44)(H,37,43)/t26-,29+/m1/s1. The van der Waals surface area contributed by atoms with E-state index < -0.39 is 29.7 Å². The third kappa shape index (κ3) is 9.35. The number of hydrogen-bond acceptors (Lipinski definition) is 8. The second kappa shape index (κ2) is 16.3. The quantitative estimate of drug-likeness (QED) is 0.273. The Bertz CT molecular complexity index is 1400. The average molecular weight is 642 g/mol. The highest BCUT2D eigenvalue weighted by Crippen LogP contribution is 2.28. The Balaban J connectivity index is 1.47. The fourth-order valence-electron chi connectivity index (χ4n) is 5.84. The summed E-state index contributed by atoms with van der Waals surface area (Å²) in [6, 6.07) is 2.48. The number of halogens is 1. The van der Waals surface area contributed by atoms with Gasteiger partial charge >= 0.3 is 0 Å². The fraction of sp³-hybridized carbons (Fsp3) is 0.562. The molecule has 1 aromatic heterocycles. The monoisotopic (exact) mass is 641 g/mol. The topological polar surface area (TPSA) is 166 Å². The largest absolute Gasteiger partial charge is 0.364 e. The van der Waals surface area contributed by atoms with E-state index in [0.29, 0.717) is 31.5 Å². The van der Waals surface area contributed by atoms with Crippen LogP contribution in [-0.2, 0) is 32.1 Å². The number of amides is 5. The lowest BCUT2D eigenvalue weighted by Crippen LogP contribution is -2.54. The van der Waals surface area contributed by atoms with Crippen molar-refractivity contribution in [3.8, 4) is 0 Å². The zero-order chi connectivity index (χ0) is 33.2. The van der Waals surface area contributed by atoms with Gasteiger partial charge in [-0.1, -0.05) is 37.4 Å². The van der Waals surface area contributed by atoms with Crippen LogP contribution in [0.1, 0.15) is 74.0 Å². The lowest BCUT2D eigenvalue weighted by atomic mass is 9.83. The lowest BCUT2D eigenvalue weighted by molar-refractivity contribution is -0.137. The summed E-state index contributed by atoms with van der Waals surface area (Å²) < 4.78 is 20.4. The van der Waals surface area contributed by atoms with Gasteiger partial charge in [0.1, 0.15) is 35.4 Å². The molecule has 2 aromatic rings. The predicted octanol–water partition coefficient (Wildman–Crippen LogP) is 1.98. The van der Waals surface area contributed by atoms with Crippen LogP contribution in [0.25, 0.3) is 0 Å². The van der Waals surface area contributed by atoms with Crippen molar-refractivity contribution in [2.24, 2.45) is 5.92 Å². The molecule has 0 bridgehead atoms. The molecule has 4 N–H and O–H groups in total. The highest BCUT2D eigenvalue weighted by molar-refractivity contribution is 6.01. The SMILES string of the molecule is CCC(=O)N[C@H](Cc1ccc(NC(=O)[C@@H](NC(=O)c2conc2CNC(C)=O)C2CCCCC2)c(F)c1)C(=O)N1CCN(C)CC1. The summed E-state index contributed by atoms with van der Waals surface area (Å²) in [5, 5.41) is 14.6. The number of hydrogen-bond donors (Lipinski definition) is 4. The van der Waals surface area contributed by atoms with E-state index in [1.54, 1.807) is 17.9 Å². The van der Waals surface area contributed by atoms with Gasteiger partial charge < -0.3 is 35.6 Å². The van der Waals surface area contributed by atoms with Crippen LogP contribution in [0.4, 0.5) is 10.1 Å². The van der Waals surface area contributed by atoms with Crippen LogP contribution >= 0.6 is 0 Å². The van der Waals surface area contributed by atoms with Gasteiger partial charge in [0, 0.05) is 45.9 Å². The first-order valence-electron chi connectivity index (χ1n) is 15.9. The zero-order valence-corrected chi connectivity index (χ0v) is 26.7. The van der Waals surface area contributed by atoms with E-state index >= 15 is 4.39 Å². The Morgan fingerprint density at radius 3 is 2.41 bits per heavy atom. The number of anilines is 1. The van der Waals surface area contributed by atoms with Gasteiger partial charge in [-0.3, -0.25) is 24.0 Å². The van der Waals surface area contributed by atoms with Gasteiger partial charge in [0.05, 0.1) is 12.2 Å². The minimum atomic E-state index is -0.953. The number of piperazine rings is 1. The van der Waals surface area contributed by atoms with E-state index in [4.69, 9.17) is 4.52 Å². The summed E-state index contributed by atoms with van der Waals surface area (Å²) in [6.45, 7) is 5.55. The van der Waals surface area contributed by atoms with Crippen LogP contribution in [0.15, 0.2) is 29.0 Å². The summed E-state index contributed by atoms with van der Waals surface area (Å²) in [5.41, 5.74) is 0.723. The molecule has 1 aliphatic carbocycles. The Kier molecular flexibility index (Phi) is 12.2. The molecule has 4 rings (SSSR count). The van der Waals surface area contributed by atoms with Crippen molar-refractivity contribution in [2.75, 3.05) is 38.5 Å². The number of aromatic nitrogens is 1. The first kappa shape index (κ1) is 34.5. The second-order valence-electron chi connectivity index (χ2n) is 12.0.